The van der Waals surface area contributed by atoms with E-state index in [-0.39, 0.29) is 16.3 Å². The SMILES string of the molecule is O=C(Nc1ccc(NC(=O)C(F)(F)F)cc1)c1cc(Cl)ccc1Cl. The van der Waals surface area contributed by atoms with Crippen LogP contribution in [0, 0.1) is 0 Å². The molecule has 0 aliphatic rings. The lowest BCUT2D eigenvalue weighted by Gasteiger charge is -2.10. The zero-order valence-electron chi connectivity index (χ0n) is 11.7. The molecule has 0 heterocycles. The van der Waals surface area contributed by atoms with Gasteiger partial charge in [-0.1, -0.05) is 23.2 Å². The average molecular weight is 377 g/mol. The van der Waals surface area contributed by atoms with Crippen molar-refractivity contribution in [2.24, 2.45) is 0 Å². The smallest absolute Gasteiger partial charge is 0.322 e. The summed E-state index contributed by atoms with van der Waals surface area (Å²) in [5.41, 5.74) is 0.399. The van der Waals surface area contributed by atoms with Crippen molar-refractivity contribution < 1.29 is 22.8 Å². The molecule has 9 heteroatoms. The fraction of sp³-hybridized carbons (Fsp3) is 0.0667. The van der Waals surface area contributed by atoms with Crippen molar-refractivity contribution in [2.75, 3.05) is 10.6 Å². The van der Waals surface area contributed by atoms with Gasteiger partial charge < -0.3 is 10.6 Å². The first-order chi connectivity index (χ1) is 11.2. The predicted octanol–water partition coefficient (Wildman–Crippen LogP) is 4.75. The van der Waals surface area contributed by atoms with Crippen molar-refractivity contribution in [1.82, 2.24) is 0 Å². The number of hydrogen-bond donors (Lipinski definition) is 2. The normalized spacial score (nSPS) is 11.0. The number of halogens is 5. The molecule has 0 spiro atoms. The molecule has 0 saturated heterocycles. The van der Waals surface area contributed by atoms with Gasteiger partial charge in [0.15, 0.2) is 0 Å². The zero-order valence-corrected chi connectivity index (χ0v) is 13.3. The summed E-state index contributed by atoms with van der Waals surface area (Å²) in [7, 11) is 0. The summed E-state index contributed by atoms with van der Waals surface area (Å²) in [6.45, 7) is 0. The zero-order chi connectivity index (χ0) is 17.9. The van der Waals surface area contributed by atoms with E-state index in [1.54, 1.807) is 5.32 Å². The van der Waals surface area contributed by atoms with Gasteiger partial charge in [-0.25, -0.2) is 0 Å². The van der Waals surface area contributed by atoms with Crippen LogP contribution in [0.5, 0.6) is 0 Å². The molecule has 0 bridgehead atoms. The Kier molecular flexibility index (Phi) is 5.36. The summed E-state index contributed by atoms with van der Waals surface area (Å²) in [5, 5.41) is 4.74. The van der Waals surface area contributed by atoms with Crippen LogP contribution in [0.1, 0.15) is 10.4 Å². The lowest BCUT2D eigenvalue weighted by Crippen LogP contribution is -2.29. The van der Waals surface area contributed by atoms with Gasteiger partial charge in [-0.2, -0.15) is 13.2 Å². The summed E-state index contributed by atoms with van der Waals surface area (Å²) in [4.78, 5) is 22.9. The maximum atomic E-state index is 12.2. The van der Waals surface area contributed by atoms with Gasteiger partial charge in [-0.15, -0.1) is 0 Å². The molecule has 2 rings (SSSR count). The average Bonchev–Trinajstić information content (AvgIpc) is 2.50. The fourth-order valence-electron chi connectivity index (χ4n) is 1.71. The van der Waals surface area contributed by atoms with Crippen LogP contribution in [-0.2, 0) is 4.79 Å². The Hall–Kier alpha value is -2.25. The quantitative estimate of drug-likeness (QED) is 0.812. The highest BCUT2D eigenvalue weighted by atomic mass is 35.5. The highest BCUT2D eigenvalue weighted by Crippen LogP contribution is 2.23. The summed E-state index contributed by atoms with van der Waals surface area (Å²) in [6.07, 6.45) is -4.98. The van der Waals surface area contributed by atoms with Crippen LogP contribution < -0.4 is 10.6 Å². The molecule has 2 aromatic rings. The third kappa shape index (κ3) is 4.62. The van der Waals surface area contributed by atoms with Gasteiger partial charge in [0, 0.05) is 16.4 Å². The lowest BCUT2D eigenvalue weighted by atomic mass is 10.2. The van der Waals surface area contributed by atoms with Gasteiger partial charge in [0.1, 0.15) is 0 Å². The van der Waals surface area contributed by atoms with E-state index in [4.69, 9.17) is 23.2 Å². The third-order valence-electron chi connectivity index (χ3n) is 2.83. The van der Waals surface area contributed by atoms with Crippen LogP contribution in [0.3, 0.4) is 0 Å². The first kappa shape index (κ1) is 18.1. The standard InChI is InChI=1S/C15H9Cl2F3N2O2/c16-8-1-6-12(17)11(7-8)13(23)21-9-2-4-10(5-3-9)22-14(24)15(18,19)20/h1-7H,(H,21,23)(H,22,24). The van der Waals surface area contributed by atoms with E-state index in [0.717, 1.165) is 0 Å². The van der Waals surface area contributed by atoms with Crippen LogP contribution in [0.25, 0.3) is 0 Å². The summed E-state index contributed by atoms with van der Waals surface area (Å²) in [6, 6.07) is 9.49. The molecular weight excluding hydrogens is 368 g/mol. The fourth-order valence-corrected chi connectivity index (χ4v) is 2.08. The topological polar surface area (TPSA) is 58.2 Å². The van der Waals surface area contributed by atoms with Crippen molar-refractivity contribution in [1.29, 1.82) is 0 Å². The molecule has 0 saturated carbocycles. The maximum Gasteiger partial charge on any atom is 0.471 e. The number of carbonyl (C=O) groups excluding carboxylic acids is 2. The van der Waals surface area contributed by atoms with Crippen LogP contribution in [0.4, 0.5) is 24.5 Å². The molecule has 2 N–H and O–H groups in total. The largest absolute Gasteiger partial charge is 0.471 e. The number of nitrogens with one attached hydrogen (secondary N) is 2. The van der Waals surface area contributed by atoms with Gasteiger partial charge in [0.25, 0.3) is 5.91 Å². The van der Waals surface area contributed by atoms with E-state index in [0.29, 0.717) is 10.7 Å². The minimum Gasteiger partial charge on any atom is -0.322 e. The molecule has 0 fully saturated rings. The molecule has 0 aliphatic carbocycles. The minimum absolute atomic E-state index is 0.0592. The third-order valence-corrected chi connectivity index (χ3v) is 3.40. The highest BCUT2D eigenvalue weighted by molar-refractivity contribution is 6.36. The Bertz CT molecular complexity index is 777. The number of hydrogen-bond acceptors (Lipinski definition) is 2. The van der Waals surface area contributed by atoms with E-state index >= 15 is 0 Å². The molecule has 4 nitrogen and oxygen atoms in total. The monoisotopic (exact) mass is 376 g/mol. The first-order valence-electron chi connectivity index (χ1n) is 6.41. The lowest BCUT2D eigenvalue weighted by molar-refractivity contribution is -0.167. The molecule has 126 valence electrons. The van der Waals surface area contributed by atoms with Gasteiger partial charge in [-0.3, -0.25) is 9.59 Å². The Balaban J connectivity index is 2.07. The van der Waals surface area contributed by atoms with Gasteiger partial charge >= 0.3 is 12.1 Å². The highest BCUT2D eigenvalue weighted by Gasteiger charge is 2.38. The summed E-state index contributed by atoms with van der Waals surface area (Å²) in [5.74, 6) is -2.61. The van der Waals surface area contributed by atoms with E-state index in [1.807, 2.05) is 0 Å². The number of benzene rings is 2. The first-order valence-corrected chi connectivity index (χ1v) is 7.17. The number of rotatable bonds is 3. The second-order valence-electron chi connectivity index (χ2n) is 4.61. The molecule has 0 unspecified atom stereocenters. The van der Waals surface area contributed by atoms with E-state index < -0.39 is 18.0 Å². The van der Waals surface area contributed by atoms with E-state index in [9.17, 15) is 22.8 Å². The molecule has 0 radical (unpaired) electrons. The van der Waals surface area contributed by atoms with Crippen molar-refractivity contribution in [2.45, 2.75) is 6.18 Å². The van der Waals surface area contributed by atoms with Crippen LogP contribution in [-0.4, -0.2) is 18.0 Å². The molecule has 0 aromatic heterocycles. The van der Waals surface area contributed by atoms with Gasteiger partial charge in [0.2, 0.25) is 0 Å². The van der Waals surface area contributed by atoms with E-state index in [2.05, 4.69) is 5.32 Å². The molecule has 0 aliphatic heterocycles. The Morgan fingerprint density at radius 2 is 1.42 bits per heavy atom. The number of amides is 2. The maximum absolute atomic E-state index is 12.2. The molecular formula is C15H9Cl2F3N2O2. The Morgan fingerprint density at radius 3 is 1.96 bits per heavy atom. The van der Waals surface area contributed by atoms with Crippen molar-refractivity contribution in [3.63, 3.8) is 0 Å². The number of alkyl halides is 3. The molecule has 2 aromatic carbocycles. The van der Waals surface area contributed by atoms with Gasteiger partial charge in [0.05, 0.1) is 10.6 Å². The molecule has 2 amide bonds. The Labute approximate surface area is 144 Å². The minimum atomic E-state index is -4.98. The second-order valence-corrected chi connectivity index (χ2v) is 5.45. The molecule has 0 atom stereocenters. The van der Waals surface area contributed by atoms with Gasteiger partial charge in [-0.05, 0) is 42.5 Å². The van der Waals surface area contributed by atoms with Crippen molar-refractivity contribution in [3.05, 3.63) is 58.1 Å². The Morgan fingerprint density at radius 1 is 0.875 bits per heavy atom. The number of carbonyl (C=O) groups is 2. The van der Waals surface area contributed by atoms with E-state index in [1.165, 1.54) is 42.5 Å². The van der Waals surface area contributed by atoms with Crippen molar-refractivity contribution in [3.8, 4) is 0 Å². The van der Waals surface area contributed by atoms with Crippen LogP contribution in [0.15, 0.2) is 42.5 Å². The molecule has 24 heavy (non-hydrogen) atoms. The summed E-state index contributed by atoms with van der Waals surface area (Å²) >= 11 is 11.7. The van der Waals surface area contributed by atoms with Crippen LogP contribution in [0.2, 0.25) is 10.0 Å². The second kappa shape index (κ2) is 7.11. The van der Waals surface area contributed by atoms with Crippen LogP contribution >= 0.6 is 23.2 Å². The number of anilines is 2. The summed E-state index contributed by atoms with van der Waals surface area (Å²) < 4.78 is 36.5. The predicted molar refractivity (Wildman–Crippen MR) is 85.5 cm³/mol. The van der Waals surface area contributed by atoms with Crippen molar-refractivity contribution >= 4 is 46.4 Å².